The number of likely N-dealkylation sites (N-methyl/N-ethyl adjacent to an activating group) is 1. The zero-order chi connectivity index (χ0) is 26.4. The van der Waals surface area contributed by atoms with Crippen molar-refractivity contribution in [3.63, 3.8) is 0 Å². The van der Waals surface area contributed by atoms with Crippen LogP contribution < -0.4 is 10.2 Å². The van der Waals surface area contributed by atoms with Gasteiger partial charge in [0.1, 0.15) is 12.4 Å². The molecule has 4 rings (SSSR count). The fourth-order valence-electron chi connectivity index (χ4n) is 4.15. The summed E-state index contributed by atoms with van der Waals surface area (Å²) in [7, 11) is 0. The Morgan fingerprint density at radius 2 is 1.78 bits per heavy atom. The van der Waals surface area contributed by atoms with Gasteiger partial charge in [0.25, 0.3) is 0 Å². The summed E-state index contributed by atoms with van der Waals surface area (Å²) in [5.41, 5.74) is 4.17. The van der Waals surface area contributed by atoms with E-state index in [9.17, 15) is 9.90 Å². The van der Waals surface area contributed by atoms with E-state index in [2.05, 4.69) is 29.2 Å². The Kier molecular flexibility index (Phi) is 8.87. The fourth-order valence-corrected chi connectivity index (χ4v) is 4.62. The van der Waals surface area contributed by atoms with Gasteiger partial charge in [0.15, 0.2) is 5.65 Å². The molecule has 194 valence electrons. The minimum absolute atomic E-state index is 0.0536. The molecule has 0 fully saturated rings. The first-order chi connectivity index (χ1) is 17.9. The van der Waals surface area contributed by atoms with Crippen LogP contribution >= 0.6 is 23.2 Å². The summed E-state index contributed by atoms with van der Waals surface area (Å²) in [4.78, 5) is 20.4. The number of aliphatic carboxylic acids is 1. The Balaban J connectivity index is 1.57. The SMILES string of the molecule is CCN(CC)CCN(CC(=O)O)c1ccc(-c2cc(NCc3ccc(Cl)cc3Cl)n3nccc3n2)cc1. The first kappa shape index (κ1) is 26.7. The standard InChI is InChI=1S/C27H30Cl2N6O2/c1-3-33(4-2)13-14-34(18-27(36)37)22-9-6-19(7-10-22)24-16-26(35-25(32-24)11-12-31-35)30-17-20-5-8-21(28)15-23(20)29/h5-12,15-16,30H,3-4,13-14,17-18H2,1-2H3,(H,36,37). The molecule has 0 bridgehead atoms. The van der Waals surface area contributed by atoms with Crippen LogP contribution in [-0.4, -0.2) is 63.3 Å². The maximum atomic E-state index is 11.5. The van der Waals surface area contributed by atoms with Crippen LogP contribution in [0.2, 0.25) is 10.0 Å². The Morgan fingerprint density at radius 3 is 2.46 bits per heavy atom. The summed E-state index contributed by atoms with van der Waals surface area (Å²) < 4.78 is 1.74. The van der Waals surface area contributed by atoms with Crippen LogP contribution in [0.3, 0.4) is 0 Å². The van der Waals surface area contributed by atoms with E-state index in [-0.39, 0.29) is 6.54 Å². The van der Waals surface area contributed by atoms with Gasteiger partial charge in [-0.15, -0.1) is 0 Å². The van der Waals surface area contributed by atoms with Gasteiger partial charge in [0.2, 0.25) is 0 Å². The first-order valence-electron chi connectivity index (χ1n) is 12.2. The van der Waals surface area contributed by atoms with Crippen molar-refractivity contribution in [3.8, 4) is 11.3 Å². The van der Waals surface area contributed by atoms with Crippen molar-refractivity contribution in [2.45, 2.75) is 20.4 Å². The Bertz CT molecular complexity index is 1360. The Labute approximate surface area is 226 Å². The lowest BCUT2D eigenvalue weighted by Gasteiger charge is -2.27. The molecule has 2 heterocycles. The lowest BCUT2D eigenvalue weighted by molar-refractivity contribution is -0.135. The number of rotatable bonds is 12. The average molecular weight is 541 g/mol. The maximum absolute atomic E-state index is 11.5. The highest BCUT2D eigenvalue weighted by Crippen LogP contribution is 2.26. The van der Waals surface area contributed by atoms with Gasteiger partial charge in [-0.05, 0) is 42.9 Å². The molecule has 8 nitrogen and oxygen atoms in total. The third-order valence-electron chi connectivity index (χ3n) is 6.27. The number of hydrogen-bond acceptors (Lipinski definition) is 6. The van der Waals surface area contributed by atoms with Crippen LogP contribution in [0.25, 0.3) is 16.9 Å². The second-order valence-electron chi connectivity index (χ2n) is 8.61. The number of hydrogen-bond donors (Lipinski definition) is 2. The van der Waals surface area contributed by atoms with Crippen molar-refractivity contribution < 1.29 is 9.90 Å². The summed E-state index contributed by atoms with van der Waals surface area (Å²) in [5, 5.41) is 18.4. The lowest BCUT2D eigenvalue weighted by Crippen LogP contribution is -2.37. The molecule has 10 heteroatoms. The smallest absolute Gasteiger partial charge is 0.323 e. The number of nitrogens with one attached hydrogen (secondary N) is 1. The van der Waals surface area contributed by atoms with E-state index < -0.39 is 5.97 Å². The van der Waals surface area contributed by atoms with Gasteiger partial charge in [-0.1, -0.05) is 55.2 Å². The van der Waals surface area contributed by atoms with E-state index in [0.29, 0.717) is 28.8 Å². The zero-order valence-corrected chi connectivity index (χ0v) is 22.4. The van der Waals surface area contributed by atoms with Crippen molar-refractivity contribution in [1.29, 1.82) is 0 Å². The molecule has 0 aliphatic heterocycles. The number of halogens is 2. The largest absolute Gasteiger partial charge is 0.480 e. The number of anilines is 2. The molecule has 0 spiro atoms. The molecule has 37 heavy (non-hydrogen) atoms. The van der Waals surface area contributed by atoms with Crippen LogP contribution in [0.4, 0.5) is 11.5 Å². The van der Waals surface area contributed by atoms with Crippen LogP contribution in [0.5, 0.6) is 0 Å². The van der Waals surface area contributed by atoms with Gasteiger partial charge in [0, 0.05) is 53.1 Å². The summed E-state index contributed by atoms with van der Waals surface area (Å²) in [6, 6.07) is 17.0. The predicted octanol–water partition coefficient (Wildman–Crippen LogP) is 5.55. The molecule has 0 aliphatic carbocycles. The molecule has 2 aromatic heterocycles. The molecular weight excluding hydrogens is 511 g/mol. The van der Waals surface area contributed by atoms with Crippen molar-refractivity contribution in [2.24, 2.45) is 0 Å². The fraction of sp³-hybridized carbons (Fsp3) is 0.296. The first-order valence-corrected chi connectivity index (χ1v) is 13.0. The summed E-state index contributed by atoms with van der Waals surface area (Å²) in [6.07, 6.45) is 1.70. The van der Waals surface area contributed by atoms with Crippen LogP contribution in [0.15, 0.2) is 60.8 Å². The van der Waals surface area contributed by atoms with E-state index in [1.807, 2.05) is 53.4 Å². The van der Waals surface area contributed by atoms with Gasteiger partial charge in [-0.25, -0.2) is 4.98 Å². The third kappa shape index (κ3) is 6.71. The van der Waals surface area contributed by atoms with E-state index in [1.165, 1.54) is 0 Å². The minimum atomic E-state index is -0.854. The van der Waals surface area contributed by atoms with Gasteiger partial charge < -0.3 is 20.2 Å². The molecule has 0 radical (unpaired) electrons. The lowest BCUT2D eigenvalue weighted by atomic mass is 10.1. The average Bonchev–Trinajstić information content (AvgIpc) is 3.37. The highest BCUT2D eigenvalue weighted by Gasteiger charge is 2.14. The summed E-state index contributed by atoms with van der Waals surface area (Å²) >= 11 is 12.4. The number of carboxylic acid groups (broad SMARTS) is 1. The number of benzene rings is 2. The van der Waals surface area contributed by atoms with Crippen molar-refractivity contribution in [3.05, 3.63) is 76.4 Å². The highest BCUT2D eigenvalue weighted by molar-refractivity contribution is 6.35. The van der Waals surface area contributed by atoms with Crippen LogP contribution in [-0.2, 0) is 11.3 Å². The second-order valence-corrected chi connectivity index (χ2v) is 9.45. The van der Waals surface area contributed by atoms with Crippen molar-refractivity contribution in [2.75, 3.05) is 42.9 Å². The van der Waals surface area contributed by atoms with E-state index in [1.54, 1.807) is 16.8 Å². The van der Waals surface area contributed by atoms with Crippen LogP contribution in [0, 0.1) is 0 Å². The second kappa shape index (κ2) is 12.3. The molecule has 4 aromatic rings. The number of nitrogens with zero attached hydrogens (tertiary/aromatic N) is 5. The molecule has 0 saturated carbocycles. The topological polar surface area (TPSA) is 86.0 Å². The van der Waals surface area contributed by atoms with Crippen molar-refractivity contribution in [1.82, 2.24) is 19.5 Å². The Morgan fingerprint density at radius 1 is 1.03 bits per heavy atom. The predicted molar refractivity (Wildman–Crippen MR) is 150 cm³/mol. The zero-order valence-electron chi connectivity index (χ0n) is 20.9. The Hall–Kier alpha value is -3.33. The molecule has 0 unspecified atom stereocenters. The van der Waals surface area contributed by atoms with E-state index in [0.717, 1.165) is 48.0 Å². The van der Waals surface area contributed by atoms with E-state index >= 15 is 0 Å². The van der Waals surface area contributed by atoms with Gasteiger partial charge in [-0.3, -0.25) is 4.79 Å². The molecule has 0 amide bonds. The quantitative estimate of drug-likeness (QED) is 0.243. The molecule has 0 atom stereocenters. The number of fused-ring (bicyclic) bond motifs is 1. The van der Waals surface area contributed by atoms with Crippen molar-refractivity contribution >= 4 is 46.3 Å². The molecule has 0 aliphatic rings. The monoisotopic (exact) mass is 540 g/mol. The molecule has 0 saturated heterocycles. The van der Waals surface area contributed by atoms with Gasteiger partial charge >= 0.3 is 5.97 Å². The van der Waals surface area contributed by atoms with Gasteiger partial charge in [-0.2, -0.15) is 9.61 Å². The highest BCUT2D eigenvalue weighted by atomic mass is 35.5. The number of carboxylic acids is 1. The van der Waals surface area contributed by atoms with Gasteiger partial charge in [0.05, 0.1) is 11.9 Å². The summed E-state index contributed by atoms with van der Waals surface area (Å²) in [5.74, 6) is -0.0835. The molecule has 2 N–H and O–H groups in total. The number of aromatic nitrogens is 3. The minimum Gasteiger partial charge on any atom is -0.480 e. The van der Waals surface area contributed by atoms with Crippen LogP contribution in [0.1, 0.15) is 19.4 Å². The summed E-state index contributed by atoms with van der Waals surface area (Å²) in [6.45, 7) is 7.95. The third-order valence-corrected chi connectivity index (χ3v) is 6.86. The maximum Gasteiger partial charge on any atom is 0.323 e. The molecular formula is C27H30Cl2N6O2. The normalized spacial score (nSPS) is 11.3. The van der Waals surface area contributed by atoms with E-state index in [4.69, 9.17) is 28.2 Å². The number of carbonyl (C=O) groups is 1. The molecule has 2 aromatic carbocycles.